The summed E-state index contributed by atoms with van der Waals surface area (Å²) in [6.45, 7) is 14.5. The van der Waals surface area contributed by atoms with Crippen molar-refractivity contribution in [3.63, 3.8) is 0 Å². The van der Waals surface area contributed by atoms with Crippen LogP contribution in [0.15, 0.2) is 35.1 Å². The van der Waals surface area contributed by atoms with Crippen molar-refractivity contribution in [1.29, 1.82) is 0 Å². The van der Waals surface area contributed by atoms with E-state index in [0.29, 0.717) is 18.4 Å². The first kappa shape index (κ1) is 27.8. The Morgan fingerprint density at radius 3 is 2.62 bits per heavy atom. The lowest BCUT2D eigenvalue weighted by molar-refractivity contribution is 0.0907. The van der Waals surface area contributed by atoms with Gasteiger partial charge in [0.1, 0.15) is 12.0 Å². The maximum atomic E-state index is 12.6. The van der Waals surface area contributed by atoms with Gasteiger partial charge in [-0.3, -0.25) is 9.48 Å². The van der Waals surface area contributed by atoms with Gasteiger partial charge in [-0.05, 0) is 70.0 Å². The quantitative estimate of drug-likeness (QED) is 0.262. The molecule has 3 N–H and O–H groups in total. The fourth-order valence-electron chi connectivity index (χ4n) is 5.68. The lowest BCUT2D eigenvalue weighted by Crippen LogP contribution is -2.30. The number of piperidine rings is 1. The molecule has 0 unspecified atom stereocenters. The SMILES string of the molecule is Cc1cc(-c2ncnc3[nH]c(-c4c(C)nn(C5CCNCC5)c4C)cc23)ccc1CNC(=O)c1nc(C(C)(C)C)no1. The summed E-state index contributed by atoms with van der Waals surface area (Å²) in [4.78, 5) is 29.6. The van der Waals surface area contributed by atoms with Crippen molar-refractivity contribution < 1.29 is 9.32 Å². The van der Waals surface area contributed by atoms with Gasteiger partial charge in [0, 0.05) is 34.2 Å². The normalized spacial score (nSPS) is 14.5. The zero-order chi connectivity index (χ0) is 29.6. The molecule has 1 aromatic carbocycles. The second-order valence-corrected chi connectivity index (χ2v) is 12.1. The monoisotopic (exact) mass is 567 g/mol. The third-order valence-electron chi connectivity index (χ3n) is 8.02. The van der Waals surface area contributed by atoms with Gasteiger partial charge in [-0.2, -0.15) is 10.1 Å². The highest BCUT2D eigenvalue weighted by atomic mass is 16.5. The lowest BCUT2D eigenvalue weighted by atomic mass is 9.96. The molecule has 1 fully saturated rings. The molecular weight excluding hydrogens is 530 g/mol. The van der Waals surface area contributed by atoms with Gasteiger partial charge in [-0.25, -0.2) is 9.97 Å². The average Bonchev–Trinajstić information content (AvgIpc) is 3.69. The number of aromatic nitrogens is 7. The second kappa shape index (κ2) is 10.8. The van der Waals surface area contributed by atoms with Crippen LogP contribution in [-0.2, 0) is 12.0 Å². The molecule has 1 aliphatic heterocycles. The van der Waals surface area contributed by atoms with Gasteiger partial charge in [-0.1, -0.05) is 38.1 Å². The summed E-state index contributed by atoms with van der Waals surface area (Å²) >= 11 is 0. The minimum atomic E-state index is -0.395. The van der Waals surface area contributed by atoms with E-state index in [-0.39, 0.29) is 11.3 Å². The first-order valence-corrected chi connectivity index (χ1v) is 14.4. The number of hydrogen-bond acceptors (Lipinski definition) is 8. The van der Waals surface area contributed by atoms with E-state index in [4.69, 9.17) is 9.62 Å². The number of benzene rings is 1. The maximum absolute atomic E-state index is 12.6. The van der Waals surface area contributed by atoms with Crippen molar-refractivity contribution in [3.8, 4) is 22.5 Å². The molecular formula is C31H37N9O2. The van der Waals surface area contributed by atoms with E-state index in [2.05, 4.69) is 66.4 Å². The van der Waals surface area contributed by atoms with Gasteiger partial charge < -0.3 is 20.1 Å². The molecule has 0 saturated carbocycles. The number of H-pyrrole nitrogens is 1. The smallest absolute Gasteiger partial charge is 0.315 e. The number of nitrogens with one attached hydrogen (secondary N) is 3. The number of hydrogen-bond donors (Lipinski definition) is 3. The standard InChI is InChI=1S/C31H37N9O2/c1-17-13-20(7-8-21(17)15-33-28(41)29-37-30(39-42-29)31(4,5)6)26-23-14-24(36-27(23)35-16-34-26)25-18(2)38-40(19(25)3)22-9-11-32-12-10-22/h7-8,13-14,16,22,32H,9-12,15H2,1-6H3,(H,33,41)(H,34,35,36). The summed E-state index contributed by atoms with van der Waals surface area (Å²) in [5, 5.41) is 16.1. The summed E-state index contributed by atoms with van der Waals surface area (Å²) in [7, 11) is 0. The maximum Gasteiger partial charge on any atom is 0.315 e. The number of aromatic amines is 1. The fraction of sp³-hybridized carbons (Fsp3) is 0.419. The summed E-state index contributed by atoms with van der Waals surface area (Å²) in [6, 6.07) is 8.68. The average molecular weight is 568 g/mol. The van der Waals surface area contributed by atoms with Crippen molar-refractivity contribution in [1.82, 2.24) is 45.5 Å². The second-order valence-electron chi connectivity index (χ2n) is 12.1. The molecule has 1 aliphatic rings. The van der Waals surface area contributed by atoms with E-state index in [9.17, 15) is 4.79 Å². The highest BCUT2D eigenvalue weighted by Gasteiger charge is 2.25. The zero-order valence-electron chi connectivity index (χ0n) is 25.0. The van der Waals surface area contributed by atoms with Crippen LogP contribution < -0.4 is 10.6 Å². The number of rotatable bonds is 6. The Bertz CT molecular complexity index is 1770. The summed E-state index contributed by atoms with van der Waals surface area (Å²) in [6.07, 6.45) is 3.76. The summed E-state index contributed by atoms with van der Waals surface area (Å²) < 4.78 is 7.37. The Labute approximate surface area is 244 Å². The first-order valence-electron chi connectivity index (χ1n) is 14.4. The predicted octanol–water partition coefficient (Wildman–Crippen LogP) is 4.95. The third-order valence-corrected chi connectivity index (χ3v) is 8.02. The number of aryl methyl sites for hydroxylation is 2. The van der Waals surface area contributed by atoms with E-state index in [0.717, 1.165) is 82.0 Å². The first-order chi connectivity index (χ1) is 20.1. The number of carbonyl (C=O) groups excluding carboxylic acids is 1. The number of fused-ring (bicyclic) bond motifs is 1. The molecule has 1 saturated heterocycles. The van der Waals surface area contributed by atoms with Crippen LogP contribution in [0.5, 0.6) is 0 Å². The highest BCUT2D eigenvalue weighted by Crippen LogP contribution is 2.35. The molecule has 0 bridgehead atoms. The predicted molar refractivity (Wildman–Crippen MR) is 160 cm³/mol. The molecule has 0 radical (unpaired) electrons. The molecule has 4 aromatic heterocycles. The molecule has 5 heterocycles. The van der Waals surface area contributed by atoms with Crippen molar-refractivity contribution in [2.45, 2.75) is 72.4 Å². The Morgan fingerprint density at radius 2 is 1.90 bits per heavy atom. The zero-order valence-corrected chi connectivity index (χ0v) is 25.0. The van der Waals surface area contributed by atoms with E-state index >= 15 is 0 Å². The van der Waals surface area contributed by atoms with Gasteiger partial charge in [0.2, 0.25) is 0 Å². The van der Waals surface area contributed by atoms with Crippen LogP contribution in [0.2, 0.25) is 0 Å². The third kappa shape index (κ3) is 5.20. The van der Waals surface area contributed by atoms with Crippen molar-refractivity contribution in [3.05, 3.63) is 64.8 Å². The molecule has 6 rings (SSSR count). The minimum absolute atomic E-state index is 0.0346. The Kier molecular flexibility index (Phi) is 7.14. The number of amides is 1. The molecule has 0 spiro atoms. The number of nitrogens with zero attached hydrogens (tertiary/aromatic N) is 6. The topological polar surface area (TPSA) is 139 Å². The van der Waals surface area contributed by atoms with E-state index in [1.54, 1.807) is 6.33 Å². The Balaban J connectivity index is 1.24. The van der Waals surface area contributed by atoms with Crippen LogP contribution in [0, 0.1) is 20.8 Å². The minimum Gasteiger partial charge on any atom is -0.344 e. The lowest BCUT2D eigenvalue weighted by Gasteiger charge is -2.24. The Hall–Kier alpha value is -4.38. The largest absolute Gasteiger partial charge is 0.344 e. The van der Waals surface area contributed by atoms with Gasteiger partial charge in [0.25, 0.3) is 0 Å². The summed E-state index contributed by atoms with van der Waals surface area (Å²) in [5.74, 6) is 0.0682. The van der Waals surface area contributed by atoms with Crippen LogP contribution in [0.25, 0.3) is 33.5 Å². The molecule has 0 aliphatic carbocycles. The van der Waals surface area contributed by atoms with Crippen molar-refractivity contribution in [2.75, 3.05) is 13.1 Å². The van der Waals surface area contributed by atoms with Crippen molar-refractivity contribution >= 4 is 16.9 Å². The Morgan fingerprint density at radius 1 is 1.12 bits per heavy atom. The number of carbonyl (C=O) groups is 1. The van der Waals surface area contributed by atoms with Gasteiger partial charge in [0.15, 0.2) is 5.82 Å². The van der Waals surface area contributed by atoms with E-state index in [1.165, 1.54) is 0 Å². The molecule has 1 amide bonds. The van der Waals surface area contributed by atoms with Crippen LogP contribution in [0.3, 0.4) is 0 Å². The molecule has 11 nitrogen and oxygen atoms in total. The highest BCUT2D eigenvalue weighted by molar-refractivity contribution is 5.94. The van der Waals surface area contributed by atoms with Crippen LogP contribution in [0.4, 0.5) is 0 Å². The van der Waals surface area contributed by atoms with Gasteiger partial charge in [0.05, 0.1) is 23.1 Å². The van der Waals surface area contributed by atoms with E-state index in [1.807, 2.05) is 39.8 Å². The van der Waals surface area contributed by atoms with Gasteiger partial charge in [-0.15, -0.1) is 0 Å². The molecule has 42 heavy (non-hydrogen) atoms. The van der Waals surface area contributed by atoms with Crippen LogP contribution >= 0.6 is 0 Å². The molecule has 5 aromatic rings. The molecule has 218 valence electrons. The van der Waals surface area contributed by atoms with E-state index < -0.39 is 5.91 Å². The van der Waals surface area contributed by atoms with Crippen LogP contribution in [0.1, 0.15) is 78.7 Å². The summed E-state index contributed by atoms with van der Waals surface area (Å²) in [5.41, 5.74) is 8.62. The fourth-order valence-corrected chi connectivity index (χ4v) is 5.68. The molecule has 0 atom stereocenters. The van der Waals surface area contributed by atoms with Gasteiger partial charge >= 0.3 is 11.8 Å². The van der Waals surface area contributed by atoms with Crippen molar-refractivity contribution in [2.24, 2.45) is 0 Å². The molecule has 11 heteroatoms. The van der Waals surface area contributed by atoms with Crippen LogP contribution in [-0.4, -0.2) is 53.9 Å².